The maximum atomic E-state index is 13.5. The molecule has 0 aromatic heterocycles. The van der Waals surface area contributed by atoms with Crippen molar-refractivity contribution in [1.82, 2.24) is 5.32 Å². The van der Waals surface area contributed by atoms with Gasteiger partial charge >= 0.3 is 0 Å². The van der Waals surface area contributed by atoms with Crippen molar-refractivity contribution in [2.45, 2.75) is 38.1 Å². The normalized spacial score (nSPS) is 18.2. The summed E-state index contributed by atoms with van der Waals surface area (Å²) in [5, 5.41) is 5.77. The van der Waals surface area contributed by atoms with Crippen molar-refractivity contribution < 1.29 is 18.7 Å². The minimum Gasteiger partial charge on any atom is -0.486 e. The number of hydrogen-bond donors (Lipinski definition) is 1. The Hall–Kier alpha value is -2.63. The van der Waals surface area contributed by atoms with Crippen LogP contribution in [0.25, 0.3) is 10.8 Å². The molecule has 0 bridgehead atoms. The van der Waals surface area contributed by atoms with E-state index in [1.54, 1.807) is 0 Å². The van der Waals surface area contributed by atoms with Gasteiger partial charge in [-0.2, -0.15) is 0 Å². The van der Waals surface area contributed by atoms with Crippen molar-refractivity contribution in [2.75, 3.05) is 6.61 Å². The van der Waals surface area contributed by atoms with Crippen LogP contribution in [-0.2, 0) is 4.79 Å². The Labute approximate surface area is 202 Å². The molecule has 172 valence electrons. The van der Waals surface area contributed by atoms with Gasteiger partial charge in [0.25, 0.3) is 5.91 Å². The lowest BCUT2D eigenvalue weighted by atomic mass is 9.83. The van der Waals surface area contributed by atoms with Crippen LogP contribution in [0.5, 0.6) is 5.75 Å². The van der Waals surface area contributed by atoms with Gasteiger partial charge in [0.15, 0.2) is 5.78 Å². The summed E-state index contributed by atoms with van der Waals surface area (Å²) in [5.74, 6) is -0.130. The predicted molar refractivity (Wildman–Crippen MR) is 129 cm³/mol. The molecule has 3 aromatic carbocycles. The lowest BCUT2D eigenvalue weighted by Crippen LogP contribution is -2.38. The predicted octanol–water partition coefficient (Wildman–Crippen LogP) is 6.61. The van der Waals surface area contributed by atoms with Crippen LogP contribution in [0.3, 0.4) is 0 Å². The number of hydrogen-bond acceptors (Lipinski definition) is 3. The summed E-state index contributed by atoms with van der Waals surface area (Å²) in [6.07, 6.45) is 3.81. The first-order valence-corrected chi connectivity index (χ1v) is 11.7. The first-order chi connectivity index (χ1) is 15.9. The maximum Gasteiger partial charge on any atom is 0.251 e. The van der Waals surface area contributed by atoms with E-state index in [9.17, 15) is 14.0 Å². The minimum absolute atomic E-state index is 0.0167. The zero-order valence-electron chi connectivity index (χ0n) is 18.0. The number of ether oxygens (including phenoxy) is 1. The molecule has 0 spiro atoms. The lowest BCUT2D eigenvalue weighted by Gasteiger charge is -2.28. The largest absolute Gasteiger partial charge is 0.486 e. The quantitative estimate of drug-likeness (QED) is 0.407. The van der Waals surface area contributed by atoms with Gasteiger partial charge in [0.2, 0.25) is 0 Å². The first kappa shape index (κ1) is 23.5. The minimum atomic E-state index is -0.574. The summed E-state index contributed by atoms with van der Waals surface area (Å²) in [6.45, 7) is -0.0923. The van der Waals surface area contributed by atoms with Gasteiger partial charge in [0, 0.05) is 29.1 Å². The molecule has 1 amide bonds. The van der Waals surface area contributed by atoms with E-state index in [1.165, 1.54) is 18.2 Å². The van der Waals surface area contributed by atoms with E-state index < -0.39 is 5.82 Å². The van der Waals surface area contributed by atoms with Gasteiger partial charge in [0.1, 0.15) is 18.2 Å². The molecule has 4 rings (SSSR count). The fourth-order valence-corrected chi connectivity index (χ4v) is 4.55. The third-order valence-corrected chi connectivity index (χ3v) is 6.60. The smallest absolute Gasteiger partial charge is 0.251 e. The summed E-state index contributed by atoms with van der Waals surface area (Å²) in [5.41, 5.74) is 0.623. The van der Waals surface area contributed by atoms with Gasteiger partial charge in [-0.1, -0.05) is 35.3 Å². The fraction of sp³-hybridized carbons (Fsp3) is 0.308. The van der Waals surface area contributed by atoms with Crippen LogP contribution in [-0.4, -0.2) is 24.3 Å². The number of halogens is 3. The Morgan fingerprint density at radius 3 is 2.42 bits per heavy atom. The number of amides is 1. The summed E-state index contributed by atoms with van der Waals surface area (Å²) < 4.78 is 18.9. The molecular formula is C26H24Cl2FNO3. The Morgan fingerprint density at radius 1 is 0.939 bits per heavy atom. The number of carbonyl (C=O) groups excluding carboxylic acids is 2. The molecule has 1 fully saturated rings. The van der Waals surface area contributed by atoms with E-state index >= 15 is 0 Å². The highest BCUT2D eigenvalue weighted by molar-refractivity contribution is 6.31. The number of ketones is 1. The molecule has 1 aliphatic rings. The average molecular weight is 488 g/mol. The molecule has 4 nitrogen and oxygen atoms in total. The van der Waals surface area contributed by atoms with Crippen LogP contribution in [0.4, 0.5) is 4.39 Å². The van der Waals surface area contributed by atoms with Gasteiger partial charge < -0.3 is 10.1 Å². The molecule has 0 aliphatic heterocycles. The topological polar surface area (TPSA) is 55.4 Å². The summed E-state index contributed by atoms with van der Waals surface area (Å²) >= 11 is 11.7. The molecule has 0 heterocycles. The second kappa shape index (κ2) is 10.5. The molecule has 1 saturated carbocycles. The molecule has 3 aromatic rings. The highest BCUT2D eigenvalue weighted by atomic mass is 35.5. The van der Waals surface area contributed by atoms with Crippen molar-refractivity contribution in [2.24, 2.45) is 5.92 Å². The maximum absolute atomic E-state index is 13.5. The van der Waals surface area contributed by atoms with Gasteiger partial charge in [-0.15, -0.1) is 0 Å². The number of benzene rings is 3. The second-order valence-electron chi connectivity index (χ2n) is 8.50. The van der Waals surface area contributed by atoms with E-state index in [4.69, 9.17) is 27.9 Å². The van der Waals surface area contributed by atoms with Gasteiger partial charge in [-0.25, -0.2) is 4.39 Å². The number of carbonyl (C=O) groups is 2. The SMILES string of the molecule is O=C(COc1ccc(Cl)c(F)c1)CC1CCC(NC(=O)c2ccc3cc(Cl)ccc3c2)CC1. The van der Waals surface area contributed by atoms with Gasteiger partial charge in [-0.05, 0) is 78.8 Å². The molecule has 0 radical (unpaired) electrons. The van der Waals surface area contributed by atoms with Crippen LogP contribution in [0, 0.1) is 11.7 Å². The van der Waals surface area contributed by atoms with Crippen molar-refractivity contribution in [3.8, 4) is 5.75 Å². The van der Waals surface area contributed by atoms with Crippen LogP contribution in [0.15, 0.2) is 54.6 Å². The number of Topliss-reactive ketones (excluding diaryl/α,β-unsaturated/α-hetero) is 1. The zero-order valence-corrected chi connectivity index (χ0v) is 19.5. The van der Waals surface area contributed by atoms with Crippen LogP contribution < -0.4 is 10.1 Å². The third kappa shape index (κ3) is 6.24. The lowest BCUT2D eigenvalue weighted by molar-refractivity contribution is -0.122. The molecule has 0 atom stereocenters. The summed E-state index contributed by atoms with van der Waals surface area (Å²) in [4.78, 5) is 25.0. The van der Waals surface area contributed by atoms with E-state index in [0.29, 0.717) is 17.0 Å². The molecule has 0 saturated heterocycles. The van der Waals surface area contributed by atoms with Crippen LogP contribution in [0.2, 0.25) is 10.0 Å². The van der Waals surface area contributed by atoms with Crippen LogP contribution in [0.1, 0.15) is 42.5 Å². The number of fused-ring (bicyclic) bond motifs is 1. The van der Waals surface area contributed by atoms with E-state index in [-0.39, 0.29) is 41.0 Å². The van der Waals surface area contributed by atoms with Crippen LogP contribution >= 0.6 is 23.2 Å². The summed E-state index contributed by atoms with van der Waals surface area (Å²) in [7, 11) is 0. The number of nitrogens with one attached hydrogen (secondary N) is 1. The highest BCUT2D eigenvalue weighted by Gasteiger charge is 2.24. The average Bonchev–Trinajstić information content (AvgIpc) is 2.80. The van der Waals surface area contributed by atoms with E-state index in [1.807, 2.05) is 36.4 Å². The highest BCUT2D eigenvalue weighted by Crippen LogP contribution is 2.28. The van der Waals surface area contributed by atoms with Gasteiger partial charge in [0.05, 0.1) is 5.02 Å². The van der Waals surface area contributed by atoms with E-state index in [2.05, 4.69) is 5.32 Å². The molecule has 33 heavy (non-hydrogen) atoms. The summed E-state index contributed by atoms with van der Waals surface area (Å²) in [6, 6.07) is 15.4. The second-order valence-corrected chi connectivity index (χ2v) is 9.35. The Balaban J connectivity index is 1.22. The molecule has 0 unspecified atom stereocenters. The third-order valence-electron chi connectivity index (χ3n) is 6.05. The van der Waals surface area contributed by atoms with Crippen molar-refractivity contribution in [1.29, 1.82) is 0 Å². The Morgan fingerprint density at radius 2 is 1.67 bits per heavy atom. The van der Waals surface area contributed by atoms with Crippen molar-refractivity contribution in [3.05, 3.63) is 76.0 Å². The van der Waals surface area contributed by atoms with Gasteiger partial charge in [-0.3, -0.25) is 9.59 Å². The standard InChI is InChI=1S/C26H24Cl2FNO3/c27-20-6-5-17-12-19(4-3-18(17)13-20)26(32)30-21-7-1-16(2-8-21)11-22(31)15-33-23-9-10-24(28)25(29)14-23/h3-6,9-10,12-14,16,21H,1-2,7-8,11,15H2,(H,30,32). The Bertz CT molecular complexity index is 1180. The molecule has 1 aliphatic carbocycles. The molecule has 1 N–H and O–H groups in total. The fourth-order valence-electron chi connectivity index (χ4n) is 4.25. The first-order valence-electron chi connectivity index (χ1n) is 11.0. The van der Waals surface area contributed by atoms with E-state index in [0.717, 1.165) is 36.5 Å². The molecular weight excluding hydrogens is 464 g/mol. The van der Waals surface area contributed by atoms with Crippen molar-refractivity contribution >= 4 is 45.7 Å². The number of rotatable bonds is 7. The van der Waals surface area contributed by atoms with Crippen molar-refractivity contribution in [3.63, 3.8) is 0 Å². The zero-order chi connectivity index (χ0) is 23.4. The Kier molecular flexibility index (Phi) is 7.51. The monoisotopic (exact) mass is 487 g/mol. The molecule has 7 heteroatoms.